The predicted octanol–water partition coefficient (Wildman–Crippen LogP) is 14.3. The lowest BCUT2D eigenvalue weighted by atomic mass is 9.93. The summed E-state index contributed by atoms with van der Waals surface area (Å²) in [5.74, 6) is 0. The molecule has 0 unspecified atom stereocenters. The molecule has 0 spiro atoms. The molecule has 0 saturated carbocycles. The van der Waals surface area contributed by atoms with E-state index in [1.54, 1.807) is 12.1 Å². The van der Waals surface area contributed by atoms with Crippen molar-refractivity contribution in [1.29, 1.82) is 10.5 Å². The quantitative estimate of drug-likeness (QED) is 0.175. The smallest absolute Gasteiger partial charge is 0.308 e. The second-order valence-corrected chi connectivity index (χ2v) is 15.2. The van der Waals surface area contributed by atoms with E-state index in [9.17, 15) is 23.7 Å². The van der Waals surface area contributed by atoms with Crippen LogP contribution in [0, 0.1) is 36.5 Å². The maximum atomic E-state index is 14.3. The number of nitrogens with zero attached hydrogens (tertiary/aromatic N) is 4. The largest absolute Gasteiger partial charge is 0.416 e. The van der Waals surface area contributed by atoms with Crippen molar-refractivity contribution < 1.29 is 13.2 Å². The number of halogens is 3. The molecule has 60 heavy (non-hydrogen) atoms. The summed E-state index contributed by atoms with van der Waals surface area (Å²) >= 11 is 0. The maximum absolute atomic E-state index is 14.3. The van der Waals surface area contributed by atoms with Crippen molar-refractivity contribution in [3.63, 3.8) is 0 Å². The molecule has 0 aliphatic carbocycles. The lowest BCUT2D eigenvalue weighted by molar-refractivity contribution is -0.137. The molecule has 0 fully saturated rings. The molecule has 0 aliphatic heterocycles. The van der Waals surface area contributed by atoms with Gasteiger partial charge in [-0.05, 0) is 95.8 Å². The van der Waals surface area contributed by atoms with Crippen molar-refractivity contribution in [1.82, 2.24) is 9.13 Å². The zero-order chi connectivity index (χ0) is 41.3. The molecule has 2 aromatic heterocycles. The molecule has 0 aliphatic rings. The second kappa shape index (κ2) is 13.9. The topological polar surface area (TPSA) is 57.4 Å². The van der Waals surface area contributed by atoms with E-state index >= 15 is 0 Å². The number of nitriles is 2. The van der Waals surface area contributed by atoms with Crippen molar-refractivity contribution in [2.24, 2.45) is 0 Å². The number of benzene rings is 8. The molecule has 0 radical (unpaired) electrons. The number of rotatable bonds is 5. The van der Waals surface area contributed by atoms with Gasteiger partial charge in [-0.25, -0.2) is 0 Å². The summed E-state index contributed by atoms with van der Waals surface area (Å²) in [4.78, 5) is 0. The standard InChI is InChI=1S/C53H33F3N4/c1-32-11-3-5-13-39(32)35-19-22-44-42-15-7-9-17-46(42)59(48(44)28-35)50-25-34(30-57)26-51(52(50)41-24-21-38(53(54,55)56)27-37(41)31-58)60-47-18-10-8-16-43(47)45-23-20-36(29-49(45)60)40-14-6-4-12-33(40)2/h3-29H,1-2H3. The summed E-state index contributed by atoms with van der Waals surface area (Å²) in [7, 11) is 0. The Kier molecular flexibility index (Phi) is 8.45. The number of aryl methyl sites for hydroxylation is 2. The van der Waals surface area contributed by atoms with Gasteiger partial charge in [0.25, 0.3) is 0 Å². The van der Waals surface area contributed by atoms with Crippen LogP contribution in [0.5, 0.6) is 0 Å². The minimum absolute atomic E-state index is 0.139. The van der Waals surface area contributed by atoms with Gasteiger partial charge in [-0.15, -0.1) is 0 Å². The van der Waals surface area contributed by atoms with Gasteiger partial charge in [0.1, 0.15) is 0 Å². The number of para-hydroxylation sites is 2. The van der Waals surface area contributed by atoms with E-state index in [-0.39, 0.29) is 5.56 Å². The molecule has 8 aromatic carbocycles. The van der Waals surface area contributed by atoms with Crippen LogP contribution >= 0.6 is 0 Å². The van der Waals surface area contributed by atoms with E-state index in [4.69, 9.17) is 0 Å². The molecule has 2 heterocycles. The van der Waals surface area contributed by atoms with Crippen LogP contribution in [0.1, 0.15) is 27.8 Å². The van der Waals surface area contributed by atoms with Gasteiger partial charge in [-0.2, -0.15) is 23.7 Å². The fraction of sp³-hybridized carbons (Fsp3) is 0.0566. The van der Waals surface area contributed by atoms with Crippen molar-refractivity contribution in [3.8, 4) is 56.9 Å². The van der Waals surface area contributed by atoms with Crippen molar-refractivity contribution in [2.45, 2.75) is 20.0 Å². The summed E-state index contributed by atoms with van der Waals surface area (Å²) in [6.07, 6.45) is -4.67. The van der Waals surface area contributed by atoms with E-state index in [0.717, 1.165) is 89.1 Å². The molecule has 0 amide bonds. The highest BCUT2D eigenvalue weighted by atomic mass is 19.4. The van der Waals surface area contributed by atoms with Crippen LogP contribution < -0.4 is 0 Å². The molecule has 10 aromatic rings. The molecule has 0 N–H and O–H groups in total. The van der Waals surface area contributed by atoms with Gasteiger partial charge in [0.15, 0.2) is 0 Å². The molecule has 0 saturated heterocycles. The van der Waals surface area contributed by atoms with Gasteiger partial charge in [-0.1, -0.05) is 115 Å². The van der Waals surface area contributed by atoms with Gasteiger partial charge < -0.3 is 9.13 Å². The van der Waals surface area contributed by atoms with Crippen LogP contribution in [0.4, 0.5) is 13.2 Å². The van der Waals surface area contributed by atoms with Crippen molar-refractivity contribution in [3.05, 3.63) is 192 Å². The van der Waals surface area contributed by atoms with Crippen LogP contribution in [0.2, 0.25) is 0 Å². The van der Waals surface area contributed by atoms with Crippen LogP contribution in [-0.2, 0) is 6.18 Å². The number of aromatic nitrogens is 2. The third kappa shape index (κ3) is 5.74. The Labute approximate surface area is 343 Å². The highest BCUT2D eigenvalue weighted by Crippen LogP contribution is 2.45. The van der Waals surface area contributed by atoms with Crippen molar-refractivity contribution >= 4 is 43.6 Å². The molecule has 0 atom stereocenters. The summed E-state index contributed by atoms with van der Waals surface area (Å²) in [5, 5.41) is 25.4. The average molecular weight is 783 g/mol. The third-order valence-corrected chi connectivity index (χ3v) is 11.7. The minimum atomic E-state index is -4.67. The number of hydrogen-bond acceptors (Lipinski definition) is 2. The highest BCUT2D eigenvalue weighted by molar-refractivity contribution is 6.13. The summed E-state index contributed by atoms with van der Waals surface area (Å²) in [6.45, 7) is 4.14. The second-order valence-electron chi connectivity index (χ2n) is 15.2. The molecule has 7 heteroatoms. The minimum Gasteiger partial charge on any atom is -0.308 e. The Balaban J connectivity index is 1.40. The zero-order valence-electron chi connectivity index (χ0n) is 32.5. The van der Waals surface area contributed by atoms with Gasteiger partial charge in [0.05, 0.1) is 62.3 Å². The van der Waals surface area contributed by atoms with E-state index < -0.39 is 11.7 Å². The van der Waals surface area contributed by atoms with Gasteiger partial charge in [-0.3, -0.25) is 0 Å². The Morgan fingerprint density at radius 3 is 1.38 bits per heavy atom. The first kappa shape index (κ1) is 36.5. The molecule has 10 rings (SSSR count). The molecule has 4 nitrogen and oxygen atoms in total. The SMILES string of the molecule is Cc1ccccc1-c1ccc2c3ccccc3n(-c3cc(C#N)cc(-n4c5ccccc5c5ccc(-c6ccccc6C)cc54)c3-c3ccc(C(F)(F)F)cc3C#N)c2c1. The highest BCUT2D eigenvalue weighted by Gasteiger charge is 2.32. The summed E-state index contributed by atoms with van der Waals surface area (Å²) in [5.41, 5.74) is 10.9. The maximum Gasteiger partial charge on any atom is 0.416 e. The first-order chi connectivity index (χ1) is 29.1. The number of fused-ring (bicyclic) bond motifs is 6. The fourth-order valence-corrected chi connectivity index (χ4v) is 8.92. The van der Waals surface area contributed by atoms with Gasteiger partial charge in [0.2, 0.25) is 0 Å². The summed E-state index contributed by atoms with van der Waals surface area (Å²) < 4.78 is 47.1. The van der Waals surface area contributed by atoms with Gasteiger partial charge >= 0.3 is 6.18 Å². The Morgan fingerprint density at radius 1 is 0.450 bits per heavy atom. The average Bonchev–Trinajstić information content (AvgIpc) is 3.77. The Hall–Kier alpha value is -7.87. The molecular formula is C53H33F3N4. The Morgan fingerprint density at radius 2 is 0.917 bits per heavy atom. The molecule has 286 valence electrons. The van der Waals surface area contributed by atoms with Crippen LogP contribution in [0.25, 0.3) is 88.4 Å². The van der Waals surface area contributed by atoms with Crippen molar-refractivity contribution in [2.75, 3.05) is 0 Å². The monoisotopic (exact) mass is 782 g/mol. The van der Waals surface area contributed by atoms with Crippen LogP contribution in [-0.4, -0.2) is 9.13 Å². The third-order valence-electron chi connectivity index (χ3n) is 11.7. The van der Waals surface area contributed by atoms with Crippen LogP contribution in [0.15, 0.2) is 164 Å². The first-order valence-electron chi connectivity index (χ1n) is 19.5. The molecular weight excluding hydrogens is 750 g/mol. The molecule has 0 bridgehead atoms. The first-order valence-corrected chi connectivity index (χ1v) is 19.5. The van der Waals surface area contributed by atoms with Gasteiger partial charge in [0, 0.05) is 32.7 Å². The lowest BCUT2D eigenvalue weighted by Gasteiger charge is -2.22. The van der Waals surface area contributed by atoms with E-state index in [1.165, 1.54) is 6.07 Å². The zero-order valence-corrected chi connectivity index (χ0v) is 32.5. The lowest BCUT2D eigenvalue weighted by Crippen LogP contribution is -2.08. The normalized spacial score (nSPS) is 11.7. The van der Waals surface area contributed by atoms with Crippen LogP contribution in [0.3, 0.4) is 0 Å². The predicted molar refractivity (Wildman–Crippen MR) is 235 cm³/mol. The fourth-order valence-electron chi connectivity index (χ4n) is 8.92. The van der Waals surface area contributed by atoms with E-state index in [1.807, 2.05) is 60.7 Å². The summed E-state index contributed by atoms with van der Waals surface area (Å²) in [6, 6.07) is 56.4. The Bertz CT molecular complexity index is 3300. The number of alkyl halides is 3. The van der Waals surface area contributed by atoms with E-state index in [0.29, 0.717) is 28.1 Å². The number of hydrogen-bond donors (Lipinski definition) is 0. The van der Waals surface area contributed by atoms with E-state index in [2.05, 4.69) is 108 Å².